The van der Waals surface area contributed by atoms with Crippen LogP contribution in [0.2, 0.25) is 0 Å². The van der Waals surface area contributed by atoms with Gasteiger partial charge in [-0.1, -0.05) is 18.2 Å². The normalized spacial score (nSPS) is 17.3. The maximum absolute atomic E-state index is 12.9. The Morgan fingerprint density at radius 2 is 1.76 bits per heavy atom. The average Bonchev–Trinajstić information content (AvgIpc) is 2.95. The van der Waals surface area contributed by atoms with Gasteiger partial charge < -0.3 is 9.80 Å². The van der Waals surface area contributed by atoms with Crippen molar-refractivity contribution in [1.29, 1.82) is 0 Å². The van der Waals surface area contributed by atoms with Gasteiger partial charge in [0.1, 0.15) is 0 Å². The van der Waals surface area contributed by atoms with Crippen LogP contribution in [0.25, 0.3) is 6.08 Å². The Labute approximate surface area is 157 Å². The van der Waals surface area contributed by atoms with Crippen molar-refractivity contribution in [3.63, 3.8) is 0 Å². The Morgan fingerprint density at radius 3 is 2.48 bits per heavy atom. The zero-order valence-corrected chi connectivity index (χ0v) is 16.3. The Morgan fingerprint density at radius 1 is 1.04 bits per heavy atom. The molecular formula is C20H22N2OS2. The van der Waals surface area contributed by atoms with Crippen LogP contribution < -0.4 is 4.90 Å². The Kier molecular flexibility index (Phi) is 4.61. The van der Waals surface area contributed by atoms with E-state index in [9.17, 15) is 4.79 Å². The number of fused-ring (bicyclic) bond motifs is 1. The summed E-state index contributed by atoms with van der Waals surface area (Å²) in [4.78, 5) is 20.8. The summed E-state index contributed by atoms with van der Waals surface area (Å²) in [5.74, 6) is 1.12. The minimum absolute atomic E-state index is 0.201. The molecule has 0 saturated carbocycles. The Bertz CT molecular complexity index is 818. The van der Waals surface area contributed by atoms with Crippen LogP contribution in [0.5, 0.6) is 0 Å². The van der Waals surface area contributed by atoms with Gasteiger partial charge in [-0.2, -0.15) is 0 Å². The molecule has 1 saturated heterocycles. The van der Waals surface area contributed by atoms with Crippen LogP contribution in [0.15, 0.2) is 35.2 Å². The van der Waals surface area contributed by atoms with E-state index in [1.807, 2.05) is 22.3 Å². The van der Waals surface area contributed by atoms with E-state index in [0.717, 1.165) is 36.8 Å². The number of para-hydroxylation sites is 1. The van der Waals surface area contributed by atoms with Crippen LogP contribution in [0.3, 0.4) is 0 Å². The van der Waals surface area contributed by atoms with Crippen LogP contribution in [-0.2, 0) is 10.5 Å². The molecule has 0 N–H and O–H groups in total. The number of hydrogen-bond donors (Lipinski definition) is 0. The lowest BCUT2D eigenvalue weighted by Crippen LogP contribution is -2.49. The maximum Gasteiger partial charge on any atom is 0.260 e. The fourth-order valence-corrected chi connectivity index (χ4v) is 5.82. The minimum Gasteiger partial charge on any atom is -0.368 e. The van der Waals surface area contributed by atoms with E-state index in [4.69, 9.17) is 0 Å². The number of carbonyl (C=O) groups is 1. The van der Waals surface area contributed by atoms with Gasteiger partial charge in [0, 0.05) is 47.4 Å². The molecule has 0 unspecified atom stereocenters. The van der Waals surface area contributed by atoms with Crippen molar-refractivity contribution >= 4 is 40.8 Å². The number of anilines is 1. The van der Waals surface area contributed by atoms with E-state index >= 15 is 0 Å². The molecule has 1 aromatic carbocycles. The van der Waals surface area contributed by atoms with Crippen molar-refractivity contribution in [2.75, 3.05) is 31.1 Å². The van der Waals surface area contributed by atoms with E-state index in [2.05, 4.69) is 49.1 Å². The average molecular weight is 371 g/mol. The monoisotopic (exact) mass is 370 g/mol. The summed E-state index contributed by atoms with van der Waals surface area (Å²) in [6.07, 6.45) is 2.11. The number of nitrogens with zero attached hydrogens (tertiary/aromatic N) is 2. The summed E-state index contributed by atoms with van der Waals surface area (Å²) < 4.78 is 0. The van der Waals surface area contributed by atoms with Gasteiger partial charge >= 0.3 is 0 Å². The highest BCUT2D eigenvalue weighted by atomic mass is 32.2. The maximum atomic E-state index is 12.9. The van der Waals surface area contributed by atoms with Crippen LogP contribution in [0.4, 0.5) is 5.69 Å². The summed E-state index contributed by atoms with van der Waals surface area (Å²) in [6, 6.07) is 10.5. The molecule has 2 aliphatic rings. The quantitative estimate of drug-likeness (QED) is 0.787. The van der Waals surface area contributed by atoms with Crippen molar-refractivity contribution in [2.45, 2.75) is 19.6 Å². The number of piperazine rings is 1. The second kappa shape index (κ2) is 6.89. The zero-order chi connectivity index (χ0) is 17.4. The minimum atomic E-state index is 0.201. The number of rotatable bonds is 2. The van der Waals surface area contributed by atoms with E-state index < -0.39 is 0 Å². The summed E-state index contributed by atoms with van der Waals surface area (Å²) in [5.41, 5.74) is 4.06. The molecule has 130 valence electrons. The van der Waals surface area contributed by atoms with Crippen molar-refractivity contribution in [1.82, 2.24) is 4.90 Å². The molecule has 1 fully saturated rings. The smallest absolute Gasteiger partial charge is 0.260 e. The summed E-state index contributed by atoms with van der Waals surface area (Å²) in [6.45, 7) is 7.74. The predicted octanol–water partition coefficient (Wildman–Crippen LogP) is 4.30. The Balaban J connectivity index is 1.44. The molecule has 1 amide bonds. The number of thiophene rings is 1. The number of amides is 1. The third-order valence-corrected chi connectivity index (χ3v) is 7.31. The van der Waals surface area contributed by atoms with Crippen molar-refractivity contribution in [3.05, 3.63) is 56.1 Å². The van der Waals surface area contributed by atoms with Crippen molar-refractivity contribution in [3.8, 4) is 0 Å². The van der Waals surface area contributed by atoms with Crippen molar-refractivity contribution in [2.24, 2.45) is 0 Å². The fraction of sp³-hybridized carbons (Fsp3) is 0.350. The van der Waals surface area contributed by atoms with Gasteiger partial charge in [0.2, 0.25) is 0 Å². The number of carbonyl (C=O) groups excluding carboxylic acids is 1. The van der Waals surface area contributed by atoms with Gasteiger partial charge in [-0.05, 0) is 43.2 Å². The van der Waals surface area contributed by atoms with E-state index in [1.165, 1.54) is 26.6 Å². The molecule has 0 atom stereocenters. The molecule has 0 spiro atoms. The number of thioether (sulfide) groups is 1. The van der Waals surface area contributed by atoms with Crippen LogP contribution in [0, 0.1) is 13.8 Å². The molecule has 3 nitrogen and oxygen atoms in total. The Hall–Kier alpha value is -1.72. The first-order chi connectivity index (χ1) is 12.1. The predicted molar refractivity (Wildman–Crippen MR) is 108 cm³/mol. The largest absolute Gasteiger partial charge is 0.368 e. The van der Waals surface area contributed by atoms with Crippen LogP contribution in [-0.4, -0.2) is 37.0 Å². The summed E-state index contributed by atoms with van der Waals surface area (Å²) in [5, 5.41) is 0. The van der Waals surface area contributed by atoms with Gasteiger partial charge in [0.25, 0.3) is 5.91 Å². The van der Waals surface area contributed by atoms with Crippen LogP contribution >= 0.6 is 23.1 Å². The molecule has 5 heteroatoms. The molecule has 4 rings (SSSR count). The molecule has 2 aromatic rings. The molecule has 2 aliphatic heterocycles. The first kappa shape index (κ1) is 16.7. The van der Waals surface area contributed by atoms with E-state index in [1.54, 1.807) is 11.8 Å². The molecule has 3 heterocycles. The van der Waals surface area contributed by atoms with Gasteiger partial charge in [-0.3, -0.25) is 4.79 Å². The number of hydrogen-bond acceptors (Lipinski definition) is 4. The number of aryl methyl sites for hydroxylation is 1. The summed E-state index contributed by atoms with van der Waals surface area (Å²) >= 11 is 3.51. The fourth-order valence-electron chi connectivity index (χ4n) is 3.39. The second-order valence-electron chi connectivity index (χ2n) is 6.54. The lowest BCUT2D eigenvalue weighted by molar-refractivity contribution is -0.126. The standard InChI is InChI=1S/C20H22N2OS2/c1-14-15(2)25-18-12-19(24-13-17(14)18)20(23)22-10-8-21(9-11-22)16-6-4-3-5-7-16/h3-7,12H,8-11,13H2,1-2H3. The third-order valence-electron chi connectivity index (χ3n) is 5.07. The van der Waals surface area contributed by atoms with Crippen LogP contribution in [0.1, 0.15) is 20.9 Å². The molecule has 0 bridgehead atoms. The topological polar surface area (TPSA) is 23.6 Å². The molecular weight excluding hydrogens is 348 g/mol. The van der Waals surface area contributed by atoms with Crippen molar-refractivity contribution < 1.29 is 4.79 Å². The molecule has 25 heavy (non-hydrogen) atoms. The SMILES string of the molecule is Cc1sc2c(c1C)CSC(C(=O)N1CCN(c3ccccc3)CC1)=C2. The first-order valence-corrected chi connectivity index (χ1v) is 10.5. The van der Waals surface area contributed by atoms with Gasteiger partial charge in [0.15, 0.2) is 0 Å². The lowest BCUT2D eigenvalue weighted by Gasteiger charge is -2.36. The molecule has 0 radical (unpaired) electrons. The highest BCUT2D eigenvalue weighted by Gasteiger charge is 2.27. The first-order valence-electron chi connectivity index (χ1n) is 8.66. The lowest BCUT2D eigenvalue weighted by atomic mass is 10.1. The molecule has 1 aromatic heterocycles. The molecule has 0 aliphatic carbocycles. The van der Waals surface area contributed by atoms with E-state index in [0.29, 0.717) is 0 Å². The van der Waals surface area contributed by atoms with Gasteiger partial charge in [0.05, 0.1) is 4.91 Å². The summed E-state index contributed by atoms with van der Waals surface area (Å²) in [7, 11) is 0. The zero-order valence-electron chi connectivity index (χ0n) is 14.6. The highest BCUT2D eigenvalue weighted by Crippen LogP contribution is 2.40. The van der Waals surface area contributed by atoms with E-state index in [-0.39, 0.29) is 5.91 Å². The number of benzene rings is 1. The third kappa shape index (κ3) is 3.23. The second-order valence-corrected chi connectivity index (χ2v) is 8.81. The highest BCUT2D eigenvalue weighted by molar-refractivity contribution is 8.03. The van der Waals surface area contributed by atoms with Gasteiger partial charge in [-0.15, -0.1) is 23.1 Å². The van der Waals surface area contributed by atoms with Gasteiger partial charge in [-0.25, -0.2) is 0 Å².